The zero-order valence-corrected chi connectivity index (χ0v) is 16.7. The van der Waals surface area contributed by atoms with Gasteiger partial charge in [0.1, 0.15) is 11.8 Å². The van der Waals surface area contributed by atoms with Gasteiger partial charge in [-0.05, 0) is 43.3 Å². The molecular weight excluding hydrogens is 466 g/mol. The summed E-state index contributed by atoms with van der Waals surface area (Å²) in [5.74, 6) is -2.98. The van der Waals surface area contributed by atoms with Crippen molar-refractivity contribution in [3.05, 3.63) is 58.4 Å². The maximum absolute atomic E-state index is 12.9. The van der Waals surface area contributed by atoms with E-state index in [0.29, 0.717) is 17.4 Å². The molecule has 0 fully saturated rings. The molecule has 1 aromatic heterocycles. The highest BCUT2D eigenvalue weighted by Gasteiger charge is 2.32. The molecular formula is C19H12F6N2O4S. The van der Waals surface area contributed by atoms with Crippen LogP contribution < -0.4 is 9.54 Å². The van der Waals surface area contributed by atoms with E-state index in [0.717, 1.165) is 34.9 Å². The first-order chi connectivity index (χ1) is 14.8. The third-order valence-corrected chi connectivity index (χ3v) is 5.23. The lowest BCUT2D eigenvalue weighted by atomic mass is 10.1. The van der Waals surface area contributed by atoms with E-state index in [1.165, 1.54) is 13.0 Å². The van der Waals surface area contributed by atoms with Crippen molar-refractivity contribution in [2.75, 3.05) is 0 Å². The van der Waals surface area contributed by atoms with Crippen LogP contribution in [0.15, 0.2) is 47.5 Å². The number of carbonyl (C=O) groups excluding carboxylic acids is 1. The highest BCUT2D eigenvalue weighted by molar-refractivity contribution is 7.16. The summed E-state index contributed by atoms with van der Waals surface area (Å²) in [6, 6.07) is 5.33. The molecule has 2 aromatic carbocycles. The number of carbonyl (C=O) groups is 2. The van der Waals surface area contributed by atoms with Crippen molar-refractivity contribution in [2.45, 2.75) is 25.5 Å². The van der Waals surface area contributed by atoms with E-state index < -0.39 is 47.3 Å². The maximum atomic E-state index is 12.9. The van der Waals surface area contributed by atoms with Crippen LogP contribution in [0.5, 0.6) is 5.75 Å². The van der Waals surface area contributed by atoms with Crippen LogP contribution in [0.25, 0.3) is 10.2 Å². The monoisotopic (exact) mass is 478 g/mol. The first-order valence-electron chi connectivity index (χ1n) is 8.66. The van der Waals surface area contributed by atoms with Crippen LogP contribution in [-0.2, 0) is 11.0 Å². The van der Waals surface area contributed by atoms with Crippen LogP contribution in [0.4, 0.5) is 26.3 Å². The van der Waals surface area contributed by atoms with Gasteiger partial charge in [-0.3, -0.25) is 4.79 Å². The van der Waals surface area contributed by atoms with Crippen molar-refractivity contribution in [1.29, 1.82) is 0 Å². The Labute approximate surface area is 179 Å². The minimum Gasteiger partial charge on any atom is -0.480 e. The van der Waals surface area contributed by atoms with Crippen LogP contribution >= 0.6 is 11.3 Å². The molecule has 0 aliphatic rings. The average molecular weight is 478 g/mol. The summed E-state index contributed by atoms with van der Waals surface area (Å²) in [5.41, 5.74) is -1.32. The van der Waals surface area contributed by atoms with Crippen molar-refractivity contribution < 1.29 is 45.8 Å². The lowest BCUT2D eigenvalue weighted by Crippen LogP contribution is -2.25. The van der Waals surface area contributed by atoms with Crippen LogP contribution in [0, 0.1) is 0 Å². The molecule has 1 heterocycles. The third-order valence-electron chi connectivity index (χ3n) is 4.21. The van der Waals surface area contributed by atoms with Gasteiger partial charge >= 0.3 is 18.5 Å². The van der Waals surface area contributed by atoms with Crippen molar-refractivity contribution in [3.8, 4) is 5.75 Å². The molecule has 0 aliphatic heterocycles. The minimum absolute atomic E-state index is 0.121. The number of aliphatic carboxylic acids is 1. The maximum Gasteiger partial charge on any atom is 0.573 e. The van der Waals surface area contributed by atoms with Crippen molar-refractivity contribution in [3.63, 3.8) is 0 Å². The molecule has 0 aliphatic carbocycles. The van der Waals surface area contributed by atoms with Gasteiger partial charge in [-0.25, -0.2) is 4.79 Å². The highest BCUT2D eigenvalue weighted by Crippen LogP contribution is 2.31. The number of aromatic nitrogens is 1. The van der Waals surface area contributed by atoms with Gasteiger partial charge < -0.3 is 14.4 Å². The molecule has 3 rings (SSSR count). The van der Waals surface area contributed by atoms with E-state index in [4.69, 9.17) is 0 Å². The second-order valence-corrected chi connectivity index (χ2v) is 7.45. The Morgan fingerprint density at radius 2 is 1.78 bits per heavy atom. The second-order valence-electron chi connectivity index (χ2n) is 6.44. The SMILES string of the molecule is CC(C(=O)O)n1c(=NC(=O)c2cccc(C(F)(F)F)c2)sc2cc(OC(F)(F)F)ccc21. The first-order valence-corrected chi connectivity index (χ1v) is 9.48. The van der Waals surface area contributed by atoms with Crippen LogP contribution in [0.1, 0.15) is 28.9 Å². The molecule has 1 amide bonds. The largest absolute Gasteiger partial charge is 0.573 e. The Morgan fingerprint density at radius 1 is 1.09 bits per heavy atom. The molecule has 1 unspecified atom stereocenters. The molecule has 0 saturated heterocycles. The van der Waals surface area contributed by atoms with Crippen molar-refractivity contribution in [1.82, 2.24) is 4.57 Å². The summed E-state index contributed by atoms with van der Waals surface area (Å²) in [7, 11) is 0. The minimum atomic E-state index is -4.96. The predicted octanol–water partition coefficient (Wildman–Crippen LogP) is 5.01. The predicted molar refractivity (Wildman–Crippen MR) is 100 cm³/mol. The van der Waals surface area contributed by atoms with Gasteiger partial charge in [-0.15, -0.1) is 13.2 Å². The van der Waals surface area contributed by atoms with Gasteiger partial charge in [-0.2, -0.15) is 18.2 Å². The quantitative estimate of drug-likeness (QED) is 0.535. The highest BCUT2D eigenvalue weighted by atomic mass is 32.1. The van der Waals surface area contributed by atoms with Crippen molar-refractivity contribution in [2.24, 2.45) is 4.99 Å². The Balaban J connectivity index is 2.15. The number of hydrogen-bond donors (Lipinski definition) is 1. The summed E-state index contributed by atoms with van der Waals surface area (Å²) < 4.78 is 81.3. The van der Waals surface area contributed by atoms with Crippen LogP contribution in [0.2, 0.25) is 0 Å². The lowest BCUT2D eigenvalue weighted by Gasteiger charge is -2.11. The number of thiazole rings is 1. The fourth-order valence-electron chi connectivity index (χ4n) is 2.76. The Bertz CT molecular complexity index is 1260. The topological polar surface area (TPSA) is 80.9 Å². The van der Waals surface area contributed by atoms with Gasteiger partial charge in [0.2, 0.25) is 0 Å². The molecule has 0 spiro atoms. The van der Waals surface area contributed by atoms with Crippen molar-refractivity contribution >= 4 is 33.4 Å². The van der Waals surface area contributed by atoms with Gasteiger partial charge in [0.25, 0.3) is 5.91 Å². The number of ether oxygens (including phenoxy) is 1. The van der Waals surface area contributed by atoms with E-state index in [-0.39, 0.29) is 15.0 Å². The normalized spacial score (nSPS) is 13.9. The number of alkyl halides is 6. The fourth-order valence-corrected chi connectivity index (χ4v) is 3.89. The molecule has 0 saturated carbocycles. The number of rotatable bonds is 4. The summed E-state index contributed by atoms with van der Waals surface area (Å²) in [5, 5.41) is 9.38. The summed E-state index contributed by atoms with van der Waals surface area (Å²) in [4.78, 5) is 27.6. The summed E-state index contributed by atoms with van der Waals surface area (Å²) in [6.45, 7) is 1.25. The van der Waals surface area contributed by atoms with E-state index in [1.807, 2.05) is 0 Å². The molecule has 32 heavy (non-hydrogen) atoms. The van der Waals surface area contributed by atoms with Gasteiger partial charge in [0, 0.05) is 5.56 Å². The summed E-state index contributed by atoms with van der Waals surface area (Å²) >= 11 is 0.685. The second kappa shape index (κ2) is 8.30. The van der Waals surface area contributed by atoms with Gasteiger partial charge in [-0.1, -0.05) is 17.4 Å². The number of hydrogen-bond acceptors (Lipinski definition) is 4. The van der Waals surface area contributed by atoms with Crippen LogP contribution in [0.3, 0.4) is 0 Å². The Kier molecular flexibility index (Phi) is 6.05. The molecule has 0 bridgehead atoms. The number of amides is 1. The molecule has 170 valence electrons. The third kappa shape index (κ3) is 5.10. The summed E-state index contributed by atoms with van der Waals surface area (Å²) in [6.07, 6.45) is -9.65. The first kappa shape index (κ1) is 23.3. The molecule has 0 radical (unpaired) electrons. The molecule has 6 nitrogen and oxygen atoms in total. The fraction of sp³-hybridized carbons (Fsp3) is 0.211. The zero-order valence-electron chi connectivity index (χ0n) is 15.9. The Hall–Kier alpha value is -3.35. The van der Waals surface area contributed by atoms with Crippen LogP contribution in [-0.4, -0.2) is 27.9 Å². The smallest absolute Gasteiger partial charge is 0.480 e. The van der Waals surface area contributed by atoms with Gasteiger partial charge in [0.05, 0.1) is 15.8 Å². The average Bonchev–Trinajstić information content (AvgIpc) is 3.02. The molecule has 1 atom stereocenters. The molecule has 3 aromatic rings. The van der Waals surface area contributed by atoms with Gasteiger partial charge in [0.15, 0.2) is 4.80 Å². The van der Waals surface area contributed by atoms with E-state index >= 15 is 0 Å². The molecule has 13 heteroatoms. The number of benzene rings is 2. The van der Waals surface area contributed by atoms with E-state index in [9.17, 15) is 41.0 Å². The number of carboxylic acid groups (broad SMARTS) is 1. The number of carboxylic acids is 1. The number of halogens is 6. The van der Waals surface area contributed by atoms with E-state index in [2.05, 4.69) is 9.73 Å². The molecule has 1 N–H and O–H groups in total. The number of nitrogens with zero attached hydrogens (tertiary/aromatic N) is 2. The van der Waals surface area contributed by atoms with E-state index in [1.54, 1.807) is 0 Å². The lowest BCUT2D eigenvalue weighted by molar-refractivity contribution is -0.274. The Morgan fingerprint density at radius 3 is 2.38 bits per heavy atom. The zero-order chi connectivity index (χ0) is 23.8. The standard InChI is InChI=1S/C19H12F6N2O4S/c1-9(16(29)30)27-13-6-5-12(31-19(23,24)25)8-14(13)32-17(27)26-15(28)10-3-2-4-11(7-10)18(20,21)22/h2-9H,1H3,(H,29,30). The number of fused-ring (bicyclic) bond motifs is 1.